The number of ether oxygens (including phenoxy) is 1. The molecule has 0 radical (unpaired) electrons. The number of piperazine rings is 1. The lowest BCUT2D eigenvalue weighted by atomic mass is 10.1. The van der Waals surface area contributed by atoms with Gasteiger partial charge in [0.15, 0.2) is 0 Å². The Morgan fingerprint density at radius 1 is 1.07 bits per heavy atom. The van der Waals surface area contributed by atoms with Crippen LogP contribution in [0.2, 0.25) is 0 Å². The fourth-order valence-corrected chi connectivity index (χ4v) is 3.99. The van der Waals surface area contributed by atoms with Crippen LogP contribution < -0.4 is 19.9 Å². The molecule has 1 atom stereocenters. The van der Waals surface area contributed by atoms with Crippen molar-refractivity contribution in [3.05, 3.63) is 48.5 Å². The summed E-state index contributed by atoms with van der Waals surface area (Å²) in [4.78, 5) is 31.4. The van der Waals surface area contributed by atoms with Crippen LogP contribution in [-0.2, 0) is 9.59 Å². The van der Waals surface area contributed by atoms with E-state index >= 15 is 0 Å². The Morgan fingerprint density at radius 3 is 2.59 bits per heavy atom. The van der Waals surface area contributed by atoms with Crippen molar-refractivity contribution in [2.24, 2.45) is 0 Å². The minimum absolute atomic E-state index is 0.0397. The maximum Gasteiger partial charge on any atom is 0.244 e. The number of anilines is 3. The summed E-state index contributed by atoms with van der Waals surface area (Å²) in [5, 5.41) is 2.83. The van der Waals surface area contributed by atoms with Crippen LogP contribution in [0.25, 0.3) is 0 Å². The van der Waals surface area contributed by atoms with Gasteiger partial charge in [-0.05, 0) is 31.2 Å². The predicted octanol–water partition coefficient (Wildman–Crippen LogP) is 2.19. The number of carbonyl (C=O) groups excluding carboxylic acids is 2. The van der Waals surface area contributed by atoms with E-state index in [1.165, 1.54) is 0 Å². The van der Waals surface area contributed by atoms with Gasteiger partial charge in [0.25, 0.3) is 0 Å². The molecular weight excluding hydrogens is 368 g/mol. The minimum atomic E-state index is -0.290. The fourth-order valence-electron chi connectivity index (χ4n) is 3.99. The van der Waals surface area contributed by atoms with E-state index < -0.39 is 0 Å². The van der Waals surface area contributed by atoms with Gasteiger partial charge in [-0.2, -0.15) is 0 Å². The van der Waals surface area contributed by atoms with E-state index in [4.69, 9.17) is 4.74 Å². The molecule has 1 N–H and O–H groups in total. The van der Waals surface area contributed by atoms with E-state index in [1.54, 1.807) is 12.0 Å². The lowest BCUT2D eigenvalue weighted by Crippen LogP contribution is -2.56. The quantitative estimate of drug-likeness (QED) is 0.861. The third-order valence-corrected chi connectivity index (χ3v) is 5.67. The first kappa shape index (κ1) is 19.3. The summed E-state index contributed by atoms with van der Waals surface area (Å²) in [6.07, 6.45) is 0. The molecule has 2 aliphatic heterocycles. The number of methoxy groups -OCH3 is 1. The second kappa shape index (κ2) is 8.13. The Balaban J connectivity index is 1.42. The highest BCUT2D eigenvalue weighted by molar-refractivity contribution is 6.11. The number of benzene rings is 2. The molecule has 1 saturated heterocycles. The van der Waals surface area contributed by atoms with Crippen molar-refractivity contribution in [3.63, 3.8) is 0 Å². The number of amides is 2. The second-order valence-electron chi connectivity index (χ2n) is 7.39. The summed E-state index contributed by atoms with van der Waals surface area (Å²) >= 11 is 0. The number of fused-ring (bicyclic) bond motifs is 1. The maximum atomic E-state index is 13.2. The smallest absolute Gasteiger partial charge is 0.244 e. The Bertz CT molecular complexity index is 908. The van der Waals surface area contributed by atoms with E-state index in [0.29, 0.717) is 5.69 Å². The zero-order valence-corrected chi connectivity index (χ0v) is 16.8. The highest BCUT2D eigenvalue weighted by Gasteiger charge is 2.33. The molecule has 29 heavy (non-hydrogen) atoms. The van der Waals surface area contributed by atoms with Gasteiger partial charge in [-0.25, -0.2) is 0 Å². The lowest BCUT2D eigenvalue weighted by molar-refractivity contribution is -0.125. The molecule has 7 heteroatoms. The molecule has 1 fully saturated rings. The van der Waals surface area contributed by atoms with Crippen molar-refractivity contribution in [2.45, 2.75) is 13.0 Å². The summed E-state index contributed by atoms with van der Waals surface area (Å²) in [6.45, 7) is 5.23. The number of hydrogen-bond donors (Lipinski definition) is 1. The van der Waals surface area contributed by atoms with Crippen LogP contribution in [0.1, 0.15) is 6.92 Å². The minimum Gasteiger partial charge on any atom is -0.497 e. The van der Waals surface area contributed by atoms with Crippen molar-refractivity contribution in [3.8, 4) is 5.75 Å². The Labute approximate surface area is 170 Å². The number of rotatable bonds is 4. The monoisotopic (exact) mass is 394 g/mol. The molecule has 0 spiro atoms. The van der Waals surface area contributed by atoms with E-state index in [9.17, 15) is 9.59 Å². The van der Waals surface area contributed by atoms with E-state index in [1.807, 2.05) is 49.4 Å². The molecule has 4 rings (SSSR count). The summed E-state index contributed by atoms with van der Waals surface area (Å²) in [5.74, 6) is 0.643. The summed E-state index contributed by atoms with van der Waals surface area (Å²) < 4.78 is 5.32. The Kier molecular flexibility index (Phi) is 5.40. The van der Waals surface area contributed by atoms with Gasteiger partial charge in [0.1, 0.15) is 12.3 Å². The molecule has 0 aliphatic carbocycles. The summed E-state index contributed by atoms with van der Waals surface area (Å²) in [5.41, 5.74) is 2.58. The van der Waals surface area contributed by atoms with Gasteiger partial charge in [-0.1, -0.05) is 18.2 Å². The number of nitrogens with zero attached hydrogens (tertiary/aromatic N) is 3. The van der Waals surface area contributed by atoms with Crippen molar-refractivity contribution in [1.82, 2.24) is 4.90 Å². The van der Waals surface area contributed by atoms with E-state index in [0.717, 1.165) is 43.3 Å². The normalized spacial score (nSPS) is 18.1. The molecule has 2 heterocycles. The van der Waals surface area contributed by atoms with Gasteiger partial charge in [-0.3, -0.25) is 19.4 Å². The average Bonchev–Trinajstić information content (AvgIpc) is 2.77. The van der Waals surface area contributed by atoms with Crippen LogP contribution >= 0.6 is 0 Å². The van der Waals surface area contributed by atoms with Crippen LogP contribution in [0, 0.1) is 0 Å². The van der Waals surface area contributed by atoms with Crippen LogP contribution in [0.4, 0.5) is 17.1 Å². The van der Waals surface area contributed by atoms with Crippen molar-refractivity contribution < 1.29 is 14.3 Å². The molecule has 0 aromatic heterocycles. The Hall–Kier alpha value is -3.06. The average molecular weight is 394 g/mol. The van der Waals surface area contributed by atoms with Gasteiger partial charge >= 0.3 is 0 Å². The molecule has 0 bridgehead atoms. The van der Waals surface area contributed by atoms with Gasteiger partial charge in [0.05, 0.1) is 24.5 Å². The first-order valence-electron chi connectivity index (χ1n) is 9.90. The summed E-state index contributed by atoms with van der Waals surface area (Å²) in [7, 11) is 1.67. The Morgan fingerprint density at radius 2 is 1.83 bits per heavy atom. The molecule has 2 amide bonds. The van der Waals surface area contributed by atoms with Crippen LogP contribution in [-0.4, -0.2) is 62.6 Å². The largest absolute Gasteiger partial charge is 0.497 e. The zero-order chi connectivity index (χ0) is 20.4. The SMILES string of the molecule is COc1cccc(N2CCN([C@H](C)C(=O)N3CC(=O)Nc4ccccc43)CC2)c1. The van der Waals surface area contributed by atoms with Crippen LogP contribution in [0.3, 0.4) is 0 Å². The third kappa shape index (κ3) is 3.91. The van der Waals surface area contributed by atoms with Gasteiger partial charge < -0.3 is 15.0 Å². The van der Waals surface area contributed by atoms with Gasteiger partial charge in [0, 0.05) is 37.9 Å². The molecule has 2 aromatic rings. The predicted molar refractivity (Wildman–Crippen MR) is 114 cm³/mol. The fraction of sp³-hybridized carbons (Fsp3) is 0.364. The zero-order valence-electron chi connectivity index (χ0n) is 16.8. The summed E-state index contributed by atoms with van der Waals surface area (Å²) in [6, 6.07) is 15.2. The highest BCUT2D eigenvalue weighted by atomic mass is 16.5. The molecule has 2 aromatic carbocycles. The number of nitrogens with one attached hydrogen (secondary N) is 1. The topological polar surface area (TPSA) is 65.1 Å². The lowest BCUT2D eigenvalue weighted by Gasteiger charge is -2.40. The molecule has 2 aliphatic rings. The maximum absolute atomic E-state index is 13.2. The molecule has 0 unspecified atom stereocenters. The van der Waals surface area contributed by atoms with Gasteiger partial charge in [-0.15, -0.1) is 0 Å². The number of carbonyl (C=O) groups is 2. The number of para-hydroxylation sites is 2. The first-order valence-corrected chi connectivity index (χ1v) is 9.90. The molecular formula is C22H26N4O3. The van der Waals surface area contributed by atoms with Crippen molar-refractivity contribution >= 4 is 28.9 Å². The van der Waals surface area contributed by atoms with Gasteiger partial charge in [0.2, 0.25) is 11.8 Å². The van der Waals surface area contributed by atoms with Crippen molar-refractivity contribution in [2.75, 3.05) is 55.0 Å². The molecule has 152 valence electrons. The van der Waals surface area contributed by atoms with Crippen LogP contribution in [0.15, 0.2) is 48.5 Å². The highest BCUT2D eigenvalue weighted by Crippen LogP contribution is 2.30. The standard InChI is InChI=1S/C22H26N4O3/c1-16(22(28)26-15-21(27)23-19-8-3-4-9-20(19)26)24-10-12-25(13-11-24)17-6-5-7-18(14-17)29-2/h3-9,14,16H,10-13,15H2,1-2H3,(H,23,27)/t16-/m1/s1. The number of hydrogen-bond acceptors (Lipinski definition) is 5. The second-order valence-corrected chi connectivity index (χ2v) is 7.39. The first-order chi connectivity index (χ1) is 14.1. The third-order valence-electron chi connectivity index (χ3n) is 5.67. The molecule has 7 nitrogen and oxygen atoms in total. The van der Waals surface area contributed by atoms with E-state index in [2.05, 4.69) is 21.2 Å². The van der Waals surface area contributed by atoms with E-state index in [-0.39, 0.29) is 24.4 Å². The van der Waals surface area contributed by atoms with Crippen LogP contribution in [0.5, 0.6) is 5.75 Å². The molecule has 0 saturated carbocycles. The van der Waals surface area contributed by atoms with Crippen molar-refractivity contribution in [1.29, 1.82) is 0 Å².